The second kappa shape index (κ2) is 3.91. The predicted octanol–water partition coefficient (Wildman–Crippen LogP) is 2.87. The second-order valence-electron chi connectivity index (χ2n) is 4.31. The van der Waals surface area contributed by atoms with Gasteiger partial charge in [0.1, 0.15) is 11.6 Å². The molecule has 0 radical (unpaired) electrons. The largest absolute Gasteiger partial charge is 0.497 e. The van der Waals surface area contributed by atoms with E-state index in [9.17, 15) is 0 Å². The third kappa shape index (κ3) is 1.49. The van der Waals surface area contributed by atoms with Crippen molar-refractivity contribution >= 4 is 27.6 Å². The van der Waals surface area contributed by atoms with Crippen LogP contribution in [0.3, 0.4) is 0 Å². The summed E-state index contributed by atoms with van der Waals surface area (Å²) in [4.78, 5) is 7.78. The van der Waals surface area contributed by atoms with E-state index in [2.05, 4.69) is 16.9 Å². The number of nitrogens with one attached hydrogen (secondary N) is 1. The molecule has 0 saturated carbocycles. The summed E-state index contributed by atoms with van der Waals surface area (Å²) in [6.07, 6.45) is 0.853. The van der Waals surface area contributed by atoms with E-state index in [0.29, 0.717) is 5.82 Å². The van der Waals surface area contributed by atoms with Crippen molar-refractivity contribution in [3.8, 4) is 5.75 Å². The first-order chi connectivity index (χ1) is 8.72. The minimum absolute atomic E-state index is 0.558. The number of nitrogen functional groups attached to an aromatic ring is 1. The topological polar surface area (TPSA) is 63.9 Å². The molecule has 92 valence electrons. The smallest absolute Gasteiger partial charge is 0.124 e. The van der Waals surface area contributed by atoms with Crippen molar-refractivity contribution in [1.82, 2.24) is 9.97 Å². The van der Waals surface area contributed by atoms with Crippen molar-refractivity contribution < 1.29 is 4.74 Å². The van der Waals surface area contributed by atoms with Crippen LogP contribution < -0.4 is 10.5 Å². The maximum absolute atomic E-state index is 5.86. The van der Waals surface area contributed by atoms with E-state index in [1.165, 1.54) is 0 Å². The molecule has 1 aromatic carbocycles. The van der Waals surface area contributed by atoms with E-state index in [1.54, 1.807) is 7.11 Å². The van der Waals surface area contributed by atoms with Crippen LogP contribution in [0.25, 0.3) is 21.8 Å². The van der Waals surface area contributed by atoms with Crippen molar-refractivity contribution in [2.75, 3.05) is 12.8 Å². The van der Waals surface area contributed by atoms with Gasteiger partial charge in [-0.3, -0.25) is 0 Å². The molecule has 4 heteroatoms. The number of fused-ring (bicyclic) bond motifs is 3. The third-order valence-corrected chi connectivity index (χ3v) is 3.23. The molecular formula is C14H15N3O. The monoisotopic (exact) mass is 241 g/mol. The van der Waals surface area contributed by atoms with Gasteiger partial charge in [-0.15, -0.1) is 0 Å². The molecule has 3 N–H and O–H groups in total. The molecule has 0 bridgehead atoms. The molecule has 2 aromatic heterocycles. The standard InChI is InChI=1S/C14H15N3O/c1-3-11-14-10(7-13(15)16-11)9-6-8(18-2)4-5-12(9)17-14/h4-7,17H,3H2,1-2H3,(H2,15,16). The molecule has 0 atom stereocenters. The van der Waals surface area contributed by atoms with Gasteiger partial charge in [-0.05, 0) is 30.7 Å². The van der Waals surface area contributed by atoms with Crippen LogP contribution >= 0.6 is 0 Å². The summed E-state index contributed by atoms with van der Waals surface area (Å²) in [6.45, 7) is 2.08. The number of ether oxygens (including phenoxy) is 1. The van der Waals surface area contributed by atoms with Gasteiger partial charge in [0.2, 0.25) is 0 Å². The Morgan fingerprint density at radius 3 is 2.83 bits per heavy atom. The Kier molecular flexibility index (Phi) is 2.37. The van der Waals surface area contributed by atoms with Crippen LogP contribution in [-0.2, 0) is 6.42 Å². The second-order valence-corrected chi connectivity index (χ2v) is 4.31. The van der Waals surface area contributed by atoms with E-state index in [4.69, 9.17) is 10.5 Å². The van der Waals surface area contributed by atoms with E-state index in [-0.39, 0.29) is 0 Å². The first-order valence-electron chi connectivity index (χ1n) is 5.97. The zero-order valence-electron chi connectivity index (χ0n) is 10.4. The molecule has 0 spiro atoms. The summed E-state index contributed by atoms with van der Waals surface area (Å²) < 4.78 is 5.27. The number of H-pyrrole nitrogens is 1. The third-order valence-electron chi connectivity index (χ3n) is 3.23. The van der Waals surface area contributed by atoms with Crippen molar-refractivity contribution in [3.63, 3.8) is 0 Å². The van der Waals surface area contributed by atoms with Gasteiger partial charge in [0.05, 0.1) is 18.3 Å². The van der Waals surface area contributed by atoms with Crippen LogP contribution in [0, 0.1) is 0 Å². The van der Waals surface area contributed by atoms with Crippen molar-refractivity contribution in [2.45, 2.75) is 13.3 Å². The Balaban J connectivity index is 2.44. The Morgan fingerprint density at radius 1 is 1.28 bits per heavy atom. The Labute approximate surface area is 105 Å². The highest BCUT2D eigenvalue weighted by molar-refractivity contribution is 6.09. The number of nitrogens with two attached hydrogens (primary N) is 1. The number of aromatic nitrogens is 2. The molecule has 18 heavy (non-hydrogen) atoms. The van der Waals surface area contributed by atoms with Crippen LogP contribution in [0.2, 0.25) is 0 Å². The number of hydrogen-bond acceptors (Lipinski definition) is 3. The first-order valence-corrected chi connectivity index (χ1v) is 5.97. The molecule has 0 fully saturated rings. The van der Waals surface area contributed by atoms with Crippen molar-refractivity contribution in [3.05, 3.63) is 30.0 Å². The molecule has 2 heterocycles. The number of anilines is 1. The fourth-order valence-electron chi connectivity index (χ4n) is 2.34. The zero-order valence-corrected chi connectivity index (χ0v) is 10.4. The van der Waals surface area contributed by atoms with Gasteiger partial charge in [-0.2, -0.15) is 0 Å². The van der Waals surface area contributed by atoms with E-state index in [1.807, 2.05) is 24.3 Å². The Hall–Kier alpha value is -2.23. The molecule has 3 aromatic rings. The molecule has 3 rings (SSSR count). The highest BCUT2D eigenvalue weighted by Crippen LogP contribution is 2.31. The summed E-state index contributed by atoms with van der Waals surface area (Å²) in [7, 11) is 1.67. The first kappa shape index (κ1) is 10.9. The van der Waals surface area contributed by atoms with Crippen LogP contribution in [0.4, 0.5) is 5.82 Å². The maximum Gasteiger partial charge on any atom is 0.124 e. The number of methoxy groups -OCH3 is 1. The van der Waals surface area contributed by atoms with Gasteiger partial charge < -0.3 is 15.5 Å². The van der Waals surface area contributed by atoms with Crippen LogP contribution in [0.1, 0.15) is 12.6 Å². The average Bonchev–Trinajstić information content (AvgIpc) is 2.75. The summed E-state index contributed by atoms with van der Waals surface area (Å²) in [5.41, 5.74) is 9.01. The minimum Gasteiger partial charge on any atom is -0.497 e. The summed E-state index contributed by atoms with van der Waals surface area (Å²) in [6, 6.07) is 7.89. The van der Waals surface area contributed by atoms with Crippen molar-refractivity contribution in [2.24, 2.45) is 0 Å². The Bertz CT molecular complexity index is 731. The molecule has 0 aliphatic rings. The zero-order chi connectivity index (χ0) is 12.7. The molecule has 0 unspecified atom stereocenters. The number of aryl methyl sites for hydroxylation is 1. The van der Waals surface area contributed by atoms with Gasteiger partial charge in [0.25, 0.3) is 0 Å². The minimum atomic E-state index is 0.558. The number of aromatic amines is 1. The van der Waals surface area contributed by atoms with Crippen LogP contribution in [0.5, 0.6) is 5.75 Å². The summed E-state index contributed by atoms with van der Waals surface area (Å²) in [5.74, 6) is 1.40. The number of rotatable bonds is 2. The average molecular weight is 241 g/mol. The Morgan fingerprint density at radius 2 is 2.11 bits per heavy atom. The van der Waals surface area contributed by atoms with E-state index in [0.717, 1.165) is 39.7 Å². The molecule has 0 aliphatic carbocycles. The van der Waals surface area contributed by atoms with Crippen LogP contribution in [-0.4, -0.2) is 17.1 Å². The lowest BCUT2D eigenvalue weighted by atomic mass is 10.1. The molecular weight excluding hydrogens is 226 g/mol. The van der Waals surface area contributed by atoms with Gasteiger partial charge in [0, 0.05) is 16.3 Å². The fraction of sp³-hybridized carbons (Fsp3) is 0.214. The highest BCUT2D eigenvalue weighted by atomic mass is 16.5. The number of hydrogen-bond donors (Lipinski definition) is 2. The van der Waals surface area contributed by atoms with Gasteiger partial charge >= 0.3 is 0 Å². The number of nitrogens with zero attached hydrogens (tertiary/aromatic N) is 1. The number of pyridine rings is 1. The lowest BCUT2D eigenvalue weighted by Gasteiger charge is -2.01. The van der Waals surface area contributed by atoms with E-state index >= 15 is 0 Å². The maximum atomic E-state index is 5.86. The highest BCUT2D eigenvalue weighted by Gasteiger charge is 2.10. The molecule has 0 amide bonds. The molecule has 0 saturated heterocycles. The molecule has 0 aliphatic heterocycles. The van der Waals surface area contributed by atoms with Crippen LogP contribution in [0.15, 0.2) is 24.3 Å². The lowest BCUT2D eigenvalue weighted by Crippen LogP contribution is -1.95. The SMILES string of the molecule is CCc1nc(N)cc2c1[nH]c1ccc(OC)cc12. The predicted molar refractivity (Wildman–Crippen MR) is 73.9 cm³/mol. The lowest BCUT2D eigenvalue weighted by molar-refractivity contribution is 0.415. The fourth-order valence-corrected chi connectivity index (χ4v) is 2.34. The quantitative estimate of drug-likeness (QED) is 0.725. The van der Waals surface area contributed by atoms with Crippen molar-refractivity contribution in [1.29, 1.82) is 0 Å². The summed E-state index contributed by atoms with van der Waals surface area (Å²) in [5, 5.41) is 2.22. The van der Waals surface area contributed by atoms with Gasteiger partial charge in [-0.25, -0.2) is 4.98 Å². The molecule has 4 nitrogen and oxygen atoms in total. The van der Waals surface area contributed by atoms with Gasteiger partial charge in [0.15, 0.2) is 0 Å². The van der Waals surface area contributed by atoms with Gasteiger partial charge in [-0.1, -0.05) is 6.92 Å². The normalized spacial score (nSPS) is 11.2. The van der Waals surface area contributed by atoms with E-state index < -0.39 is 0 Å². The summed E-state index contributed by atoms with van der Waals surface area (Å²) >= 11 is 0. The number of benzene rings is 1.